The average molecular weight is 373 g/mol. The van der Waals surface area contributed by atoms with Crippen molar-refractivity contribution >= 4 is 15.9 Å². The monoisotopic (exact) mass is 373 g/mol. The zero-order valence-corrected chi connectivity index (χ0v) is 14.6. The van der Waals surface area contributed by atoms with E-state index in [0.29, 0.717) is 11.1 Å². The highest BCUT2D eigenvalue weighted by Crippen LogP contribution is 2.19. The molecule has 2 aromatic carbocycles. The van der Waals surface area contributed by atoms with Crippen LogP contribution in [0, 0.1) is 17.1 Å². The van der Waals surface area contributed by atoms with E-state index < -0.39 is 15.8 Å². The quantitative estimate of drug-likeness (QED) is 0.822. The zero-order valence-electron chi connectivity index (χ0n) is 13.8. The summed E-state index contributed by atoms with van der Waals surface area (Å²) in [6.45, 7) is 0.708. The molecular weight excluding hydrogens is 357 g/mol. The molecule has 1 fully saturated rings. The largest absolute Gasteiger partial charge is 0.336 e. The van der Waals surface area contributed by atoms with Crippen LogP contribution >= 0.6 is 0 Å². The molecule has 134 valence electrons. The summed E-state index contributed by atoms with van der Waals surface area (Å²) in [6, 6.07) is 13.2. The third-order valence-corrected chi connectivity index (χ3v) is 6.09. The third kappa shape index (κ3) is 3.59. The van der Waals surface area contributed by atoms with Crippen LogP contribution in [-0.4, -0.2) is 49.7 Å². The molecule has 1 saturated heterocycles. The van der Waals surface area contributed by atoms with Gasteiger partial charge in [-0.15, -0.1) is 0 Å². The Labute approximate surface area is 151 Å². The molecular formula is C18H16FN3O3S. The van der Waals surface area contributed by atoms with E-state index in [0.717, 1.165) is 6.07 Å². The molecule has 0 unspecified atom stereocenters. The molecule has 3 rings (SSSR count). The number of sulfonamides is 1. The molecule has 1 amide bonds. The zero-order chi connectivity index (χ0) is 18.7. The van der Waals surface area contributed by atoms with Crippen LogP contribution in [0.4, 0.5) is 4.39 Å². The molecule has 0 aromatic heterocycles. The van der Waals surface area contributed by atoms with Crippen LogP contribution in [-0.2, 0) is 10.0 Å². The predicted octanol–water partition coefficient (Wildman–Crippen LogP) is 1.84. The van der Waals surface area contributed by atoms with Crippen LogP contribution in [0.15, 0.2) is 53.4 Å². The minimum Gasteiger partial charge on any atom is -0.336 e. The molecule has 0 radical (unpaired) electrons. The van der Waals surface area contributed by atoms with Gasteiger partial charge in [-0.3, -0.25) is 4.79 Å². The van der Waals surface area contributed by atoms with E-state index in [2.05, 4.69) is 0 Å². The van der Waals surface area contributed by atoms with Crippen molar-refractivity contribution in [2.75, 3.05) is 26.2 Å². The maximum atomic E-state index is 13.3. The van der Waals surface area contributed by atoms with Gasteiger partial charge in [0.2, 0.25) is 10.0 Å². The molecule has 2 aromatic rings. The summed E-state index contributed by atoms with van der Waals surface area (Å²) in [5, 5.41) is 8.93. The van der Waals surface area contributed by atoms with E-state index >= 15 is 0 Å². The van der Waals surface area contributed by atoms with Gasteiger partial charge in [-0.05, 0) is 36.4 Å². The van der Waals surface area contributed by atoms with E-state index in [1.54, 1.807) is 23.1 Å². The number of amides is 1. The van der Waals surface area contributed by atoms with E-state index in [9.17, 15) is 17.6 Å². The van der Waals surface area contributed by atoms with Gasteiger partial charge in [0, 0.05) is 31.7 Å². The van der Waals surface area contributed by atoms with Crippen molar-refractivity contribution in [1.29, 1.82) is 5.26 Å². The highest BCUT2D eigenvalue weighted by Gasteiger charge is 2.30. The van der Waals surface area contributed by atoms with E-state index in [-0.39, 0.29) is 37.0 Å². The molecule has 1 heterocycles. The van der Waals surface area contributed by atoms with Gasteiger partial charge in [0.25, 0.3) is 5.91 Å². The van der Waals surface area contributed by atoms with Crippen molar-refractivity contribution in [3.63, 3.8) is 0 Å². The van der Waals surface area contributed by atoms with Crippen molar-refractivity contribution in [2.24, 2.45) is 0 Å². The van der Waals surface area contributed by atoms with Crippen LogP contribution in [0.25, 0.3) is 0 Å². The maximum Gasteiger partial charge on any atom is 0.253 e. The number of benzene rings is 2. The van der Waals surface area contributed by atoms with Crippen molar-refractivity contribution in [3.05, 3.63) is 65.5 Å². The summed E-state index contributed by atoms with van der Waals surface area (Å²) in [6.07, 6.45) is 0. The van der Waals surface area contributed by atoms with Crippen LogP contribution in [0.1, 0.15) is 15.9 Å². The summed E-state index contributed by atoms with van der Waals surface area (Å²) in [5.74, 6) is -0.859. The summed E-state index contributed by atoms with van der Waals surface area (Å²) in [7, 11) is -3.80. The minimum absolute atomic E-state index is 0.0982. The smallest absolute Gasteiger partial charge is 0.253 e. The van der Waals surface area contributed by atoms with Gasteiger partial charge in [-0.25, -0.2) is 12.8 Å². The van der Waals surface area contributed by atoms with Crippen LogP contribution in [0.3, 0.4) is 0 Å². The Balaban J connectivity index is 1.71. The standard InChI is InChI=1S/C18H16FN3O3S/c19-16-5-2-6-17(12-16)26(24,25)22-9-7-21(8-10-22)18(23)15-4-1-3-14(11-15)13-20/h1-6,11-12H,7-10H2. The van der Waals surface area contributed by atoms with Crippen molar-refractivity contribution in [3.8, 4) is 6.07 Å². The number of nitriles is 1. The van der Waals surface area contributed by atoms with Gasteiger partial charge in [0.1, 0.15) is 5.82 Å². The van der Waals surface area contributed by atoms with Crippen LogP contribution < -0.4 is 0 Å². The topological polar surface area (TPSA) is 81.5 Å². The third-order valence-electron chi connectivity index (χ3n) is 4.20. The van der Waals surface area contributed by atoms with Crippen LogP contribution in [0.5, 0.6) is 0 Å². The molecule has 0 spiro atoms. The molecule has 0 aliphatic carbocycles. The number of carbonyl (C=O) groups excluding carboxylic acids is 1. The number of halogens is 1. The average Bonchev–Trinajstić information content (AvgIpc) is 2.67. The fourth-order valence-electron chi connectivity index (χ4n) is 2.81. The van der Waals surface area contributed by atoms with Gasteiger partial charge in [0.15, 0.2) is 0 Å². The summed E-state index contributed by atoms with van der Waals surface area (Å²) in [4.78, 5) is 14.0. The first-order chi connectivity index (χ1) is 12.4. The maximum absolute atomic E-state index is 13.3. The predicted molar refractivity (Wildman–Crippen MR) is 92.2 cm³/mol. The van der Waals surface area contributed by atoms with Crippen molar-refractivity contribution in [2.45, 2.75) is 4.90 Å². The summed E-state index contributed by atoms with van der Waals surface area (Å²) in [5.41, 5.74) is 0.786. The number of carbonyl (C=O) groups is 1. The van der Waals surface area contributed by atoms with E-state index in [4.69, 9.17) is 5.26 Å². The minimum atomic E-state index is -3.80. The van der Waals surface area contributed by atoms with Gasteiger partial charge < -0.3 is 4.90 Å². The lowest BCUT2D eigenvalue weighted by Crippen LogP contribution is -2.50. The molecule has 0 atom stereocenters. The summed E-state index contributed by atoms with van der Waals surface area (Å²) >= 11 is 0. The number of piperazine rings is 1. The molecule has 0 bridgehead atoms. The lowest BCUT2D eigenvalue weighted by molar-refractivity contribution is 0.0698. The Hall–Kier alpha value is -2.76. The molecule has 1 aliphatic rings. The van der Waals surface area contributed by atoms with Gasteiger partial charge in [-0.1, -0.05) is 12.1 Å². The van der Waals surface area contributed by atoms with Crippen molar-refractivity contribution in [1.82, 2.24) is 9.21 Å². The SMILES string of the molecule is N#Cc1cccc(C(=O)N2CCN(S(=O)(=O)c3cccc(F)c3)CC2)c1. The second-order valence-corrected chi connectivity index (χ2v) is 7.78. The number of nitrogens with zero attached hydrogens (tertiary/aromatic N) is 3. The van der Waals surface area contributed by atoms with Crippen LogP contribution in [0.2, 0.25) is 0 Å². The normalized spacial score (nSPS) is 15.5. The molecule has 26 heavy (non-hydrogen) atoms. The first-order valence-corrected chi connectivity index (χ1v) is 9.41. The molecule has 6 nitrogen and oxygen atoms in total. The van der Waals surface area contributed by atoms with E-state index in [1.807, 2.05) is 6.07 Å². The molecule has 8 heteroatoms. The fourth-order valence-corrected chi connectivity index (χ4v) is 4.27. The summed E-state index contributed by atoms with van der Waals surface area (Å²) < 4.78 is 39.7. The van der Waals surface area contributed by atoms with Gasteiger partial charge in [-0.2, -0.15) is 9.57 Å². The Morgan fingerprint density at radius 1 is 1.04 bits per heavy atom. The number of hydrogen-bond acceptors (Lipinski definition) is 4. The Morgan fingerprint density at radius 3 is 2.38 bits per heavy atom. The Kier molecular flexibility index (Phi) is 5.02. The van der Waals surface area contributed by atoms with Crippen molar-refractivity contribution < 1.29 is 17.6 Å². The number of rotatable bonds is 3. The number of hydrogen-bond donors (Lipinski definition) is 0. The Bertz CT molecular complexity index is 977. The molecule has 0 N–H and O–H groups in total. The second kappa shape index (κ2) is 7.23. The Morgan fingerprint density at radius 2 is 1.73 bits per heavy atom. The van der Waals surface area contributed by atoms with Gasteiger partial charge >= 0.3 is 0 Å². The van der Waals surface area contributed by atoms with Gasteiger partial charge in [0.05, 0.1) is 16.5 Å². The molecule has 1 aliphatic heterocycles. The second-order valence-electron chi connectivity index (χ2n) is 5.85. The molecule has 0 saturated carbocycles. The first kappa shape index (κ1) is 18.0. The van der Waals surface area contributed by atoms with E-state index in [1.165, 1.54) is 28.6 Å². The lowest BCUT2D eigenvalue weighted by Gasteiger charge is -2.34. The highest BCUT2D eigenvalue weighted by atomic mass is 32.2. The first-order valence-electron chi connectivity index (χ1n) is 7.97. The fraction of sp³-hybridized carbons (Fsp3) is 0.222. The lowest BCUT2D eigenvalue weighted by atomic mass is 10.1. The highest BCUT2D eigenvalue weighted by molar-refractivity contribution is 7.89.